The third kappa shape index (κ3) is 6.83. The van der Waals surface area contributed by atoms with Crippen LogP contribution in [0.4, 0.5) is 0 Å². The van der Waals surface area contributed by atoms with Gasteiger partial charge >= 0.3 is 0 Å². The Kier molecular flexibility index (Phi) is 8.67. The average Bonchev–Trinajstić information content (AvgIpc) is 3.35. The number of pyridine rings is 1. The van der Waals surface area contributed by atoms with Gasteiger partial charge in [0.05, 0.1) is 30.4 Å². The summed E-state index contributed by atoms with van der Waals surface area (Å²) in [4.78, 5) is 10.3. The van der Waals surface area contributed by atoms with Crippen LogP contribution in [0.1, 0.15) is 98.9 Å². The molecule has 0 saturated heterocycles. The van der Waals surface area contributed by atoms with Crippen molar-refractivity contribution in [3.05, 3.63) is 83.6 Å². The maximum absolute atomic E-state index is 11.9. The van der Waals surface area contributed by atoms with Gasteiger partial charge in [-0.2, -0.15) is 0 Å². The maximum Gasteiger partial charge on any atom is 0.145 e. The number of para-hydroxylation sites is 1. The Bertz CT molecular complexity index is 1950. The van der Waals surface area contributed by atoms with Crippen LogP contribution in [0.3, 0.4) is 0 Å². The lowest BCUT2D eigenvalue weighted by Crippen LogP contribution is -2.37. The van der Waals surface area contributed by atoms with E-state index in [0.717, 1.165) is 50.4 Å². The normalized spacial score (nSPS) is 13.2. The molecule has 0 unspecified atom stereocenters. The summed E-state index contributed by atoms with van der Waals surface area (Å²) < 4.78 is 2.29. The Labute approximate surface area is 284 Å². The minimum absolute atomic E-state index is 0.0555. The molecule has 0 radical (unpaired) electrons. The molecule has 0 fully saturated rings. The zero-order valence-corrected chi connectivity index (χ0v) is 32.2. The number of phenolic OH excluding ortho intramolecular Hbond substituents is 1. The molecule has 0 amide bonds. The summed E-state index contributed by atoms with van der Waals surface area (Å²) in [5.74, 6) is 1.11. The van der Waals surface area contributed by atoms with Crippen LogP contribution in [-0.4, -0.2) is 27.7 Å². The molecule has 0 aliphatic rings. The van der Waals surface area contributed by atoms with Crippen molar-refractivity contribution in [1.82, 2.24) is 14.5 Å². The van der Waals surface area contributed by atoms with Crippen LogP contribution in [0.5, 0.6) is 5.75 Å². The monoisotopic (exact) mass is 645 g/mol. The largest absolute Gasteiger partial charge is 0.507 e. The molecule has 5 rings (SSSR count). The second-order valence-corrected chi connectivity index (χ2v) is 22.8. The number of hydrogen-bond acceptors (Lipinski definition) is 3. The van der Waals surface area contributed by atoms with E-state index in [4.69, 9.17) is 9.97 Å². The topological polar surface area (TPSA) is 50.9 Å². The number of rotatable bonds is 5. The Hall–Kier alpha value is -3.70. The molecule has 248 valence electrons. The van der Waals surface area contributed by atoms with Gasteiger partial charge in [0.15, 0.2) is 0 Å². The molecule has 0 aliphatic carbocycles. The number of benzene rings is 3. The third-order valence-electron chi connectivity index (χ3n) is 9.29. The van der Waals surface area contributed by atoms with E-state index >= 15 is 0 Å². The molecule has 0 aliphatic heterocycles. The molecule has 4 nitrogen and oxygen atoms in total. The first-order valence-corrected chi connectivity index (χ1v) is 20.6. The molecule has 0 saturated carbocycles. The predicted molar refractivity (Wildman–Crippen MR) is 205 cm³/mol. The van der Waals surface area contributed by atoms with Gasteiger partial charge < -0.3 is 9.67 Å². The summed E-state index contributed by atoms with van der Waals surface area (Å²) in [5.41, 5.74) is 10.1. The van der Waals surface area contributed by atoms with Crippen molar-refractivity contribution < 1.29 is 5.11 Å². The lowest BCUT2D eigenvalue weighted by molar-refractivity contribution is 0.445. The summed E-state index contributed by atoms with van der Waals surface area (Å²) in [6, 6.07) is 22.3. The summed E-state index contributed by atoms with van der Waals surface area (Å²) >= 11 is 0. The van der Waals surface area contributed by atoms with Crippen LogP contribution in [0.15, 0.2) is 66.9 Å². The fraction of sp³-hybridized carbons (Fsp3) is 0.429. The molecule has 5 heteroatoms. The maximum atomic E-state index is 11.9. The van der Waals surface area contributed by atoms with Crippen molar-refractivity contribution >= 4 is 24.3 Å². The molecule has 2 aromatic heterocycles. The van der Waals surface area contributed by atoms with Crippen molar-refractivity contribution in [2.75, 3.05) is 0 Å². The standard InChI is InChI=1S/C42H55N3OSi/c1-26(2)45-36-17-15-16-32(37(36)44-39(45)33-23-30(41(6,7)8)24-34(38(33)46)42(9,10)11)27-20-28(22-29(21-27)40(3,4)5)35-25-31(18-19-43-35)47(12,13)14/h15-26,46H,1-14H3. The first-order chi connectivity index (χ1) is 21.6. The molecular formula is C42H55N3OSi. The van der Waals surface area contributed by atoms with E-state index in [1.54, 1.807) is 0 Å². The summed E-state index contributed by atoms with van der Waals surface area (Å²) in [6.07, 6.45) is 1.97. The Balaban J connectivity index is 1.82. The molecule has 5 aromatic rings. The van der Waals surface area contributed by atoms with Crippen LogP contribution in [-0.2, 0) is 16.2 Å². The zero-order chi connectivity index (χ0) is 34.9. The number of aromatic nitrogens is 3. The van der Waals surface area contributed by atoms with Gasteiger partial charge in [0.2, 0.25) is 0 Å². The van der Waals surface area contributed by atoms with Crippen LogP contribution < -0.4 is 5.19 Å². The Morgan fingerprint density at radius 1 is 0.702 bits per heavy atom. The fourth-order valence-electron chi connectivity index (χ4n) is 6.29. The first-order valence-electron chi connectivity index (χ1n) is 17.1. The van der Waals surface area contributed by atoms with Crippen LogP contribution in [0.2, 0.25) is 19.6 Å². The molecule has 47 heavy (non-hydrogen) atoms. The molecule has 2 heterocycles. The first kappa shape index (κ1) is 34.6. The smallest absolute Gasteiger partial charge is 0.145 e. The van der Waals surface area contributed by atoms with Crippen molar-refractivity contribution in [3.8, 4) is 39.5 Å². The van der Waals surface area contributed by atoms with Gasteiger partial charge in [0, 0.05) is 28.9 Å². The molecule has 3 aromatic carbocycles. The SMILES string of the molecule is CC(C)n1c(-c2cc(C(C)(C)C)cc(C(C)(C)C)c2O)nc2c(-c3cc(-c4cc([Si](C)(C)C)ccn4)cc(C(C)(C)C)c3)cccc21. The van der Waals surface area contributed by atoms with Crippen LogP contribution in [0, 0.1) is 0 Å². The molecule has 0 spiro atoms. The van der Waals surface area contributed by atoms with E-state index in [9.17, 15) is 5.11 Å². The van der Waals surface area contributed by atoms with E-state index in [-0.39, 0.29) is 22.3 Å². The highest BCUT2D eigenvalue weighted by molar-refractivity contribution is 6.88. The highest BCUT2D eigenvalue weighted by Gasteiger charge is 2.29. The minimum Gasteiger partial charge on any atom is -0.507 e. The minimum atomic E-state index is -1.52. The predicted octanol–water partition coefficient (Wildman–Crippen LogP) is 11.2. The lowest BCUT2D eigenvalue weighted by Gasteiger charge is -2.27. The van der Waals surface area contributed by atoms with E-state index < -0.39 is 8.07 Å². The number of imidazole rings is 1. The van der Waals surface area contributed by atoms with E-state index in [0.29, 0.717) is 5.75 Å². The molecule has 1 N–H and O–H groups in total. The third-order valence-corrected chi connectivity index (χ3v) is 11.3. The van der Waals surface area contributed by atoms with E-state index in [1.165, 1.54) is 16.3 Å². The van der Waals surface area contributed by atoms with Gasteiger partial charge in [0.25, 0.3) is 0 Å². The number of hydrogen-bond donors (Lipinski definition) is 1. The number of fused-ring (bicyclic) bond motifs is 1. The quantitative estimate of drug-likeness (QED) is 0.194. The second kappa shape index (κ2) is 11.8. The van der Waals surface area contributed by atoms with Crippen molar-refractivity contribution in [3.63, 3.8) is 0 Å². The molecule has 0 bridgehead atoms. The van der Waals surface area contributed by atoms with Crippen LogP contribution >= 0.6 is 0 Å². The van der Waals surface area contributed by atoms with Crippen molar-refractivity contribution in [2.24, 2.45) is 0 Å². The molecule has 0 atom stereocenters. The Morgan fingerprint density at radius 2 is 1.32 bits per heavy atom. The van der Waals surface area contributed by atoms with E-state index in [1.807, 2.05) is 6.20 Å². The van der Waals surface area contributed by atoms with Gasteiger partial charge in [-0.05, 0) is 83.2 Å². The molecular weight excluding hydrogens is 591 g/mol. The number of phenols is 1. The summed E-state index contributed by atoms with van der Waals surface area (Å²) in [6.45, 7) is 31.5. The second-order valence-electron chi connectivity index (χ2n) is 17.7. The zero-order valence-electron chi connectivity index (χ0n) is 31.2. The Morgan fingerprint density at radius 3 is 1.89 bits per heavy atom. The highest BCUT2D eigenvalue weighted by Crippen LogP contribution is 2.44. The van der Waals surface area contributed by atoms with Gasteiger partial charge in [-0.25, -0.2) is 4.98 Å². The average molecular weight is 646 g/mol. The van der Waals surface area contributed by atoms with E-state index in [2.05, 4.69) is 161 Å². The van der Waals surface area contributed by atoms with Crippen molar-refractivity contribution in [1.29, 1.82) is 0 Å². The summed E-state index contributed by atoms with van der Waals surface area (Å²) in [7, 11) is -1.52. The van der Waals surface area contributed by atoms with Gasteiger partial charge in [-0.1, -0.05) is 111 Å². The van der Waals surface area contributed by atoms with Crippen LogP contribution in [0.25, 0.3) is 44.8 Å². The number of nitrogens with zero attached hydrogens (tertiary/aromatic N) is 3. The summed E-state index contributed by atoms with van der Waals surface area (Å²) in [5, 5.41) is 13.3. The number of aromatic hydroxyl groups is 1. The fourth-order valence-corrected chi connectivity index (χ4v) is 7.44. The lowest BCUT2D eigenvalue weighted by atomic mass is 9.79. The van der Waals surface area contributed by atoms with Crippen molar-refractivity contribution in [2.45, 2.75) is 118 Å². The van der Waals surface area contributed by atoms with Gasteiger partial charge in [-0.3, -0.25) is 4.98 Å². The highest BCUT2D eigenvalue weighted by atomic mass is 28.3. The van der Waals surface area contributed by atoms with Gasteiger partial charge in [0.1, 0.15) is 11.6 Å². The van der Waals surface area contributed by atoms with Gasteiger partial charge in [-0.15, -0.1) is 0 Å².